The minimum absolute atomic E-state index is 0.0763. The summed E-state index contributed by atoms with van der Waals surface area (Å²) in [4.78, 5) is 17.2. The molecule has 0 atom stereocenters. The molecule has 0 unspecified atom stereocenters. The molecule has 0 aliphatic carbocycles. The van der Waals surface area contributed by atoms with Gasteiger partial charge in [-0.3, -0.25) is 4.79 Å². The number of ether oxygens (including phenoxy) is 1. The van der Waals surface area contributed by atoms with Gasteiger partial charge in [0.05, 0.1) is 5.57 Å². The number of likely N-dealkylation sites (N-methyl/N-ethyl adjacent to an activating group) is 1. The van der Waals surface area contributed by atoms with Crippen molar-refractivity contribution in [1.82, 2.24) is 10.2 Å². The first-order chi connectivity index (χ1) is 13.2. The van der Waals surface area contributed by atoms with Crippen LogP contribution < -0.4 is 15.0 Å². The highest BCUT2D eigenvalue weighted by Crippen LogP contribution is 2.25. The van der Waals surface area contributed by atoms with Gasteiger partial charge in [-0.1, -0.05) is 30.3 Å². The zero-order valence-corrected chi connectivity index (χ0v) is 15.6. The maximum atomic E-state index is 12.5. The van der Waals surface area contributed by atoms with E-state index in [0.29, 0.717) is 18.7 Å². The Balaban J connectivity index is 1.34. The van der Waals surface area contributed by atoms with E-state index >= 15 is 0 Å². The van der Waals surface area contributed by atoms with Gasteiger partial charge in [0.15, 0.2) is 0 Å². The van der Waals surface area contributed by atoms with E-state index in [1.807, 2.05) is 30.3 Å². The van der Waals surface area contributed by atoms with E-state index in [1.165, 1.54) is 5.69 Å². The number of fused-ring (bicyclic) bond motifs is 1. The molecule has 140 valence electrons. The van der Waals surface area contributed by atoms with Crippen LogP contribution in [-0.4, -0.2) is 50.6 Å². The molecule has 2 aromatic carbocycles. The number of carbonyl (C=O) groups excluding carboxylic acids is 1. The van der Waals surface area contributed by atoms with Crippen molar-refractivity contribution in [3.8, 4) is 5.75 Å². The van der Waals surface area contributed by atoms with Crippen molar-refractivity contribution in [3.63, 3.8) is 0 Å². The highest BCUT2D eigenvalue weighted by Gasteiger charge is 2.17. The predicted octanol–water partition coefficient (Wildman–Crippen LogP) is 2.53. The maximum absolute atomic E-state index is 12.5. The van der Waals surface area contributed by atoms with Crippen LogP contribution in [0.3, 0.4) is 0 Å². The second-order valence-electron chi connectivity index (χ2n) is 7.14. The van der Waals surface area contributed by atoms with Gasteiger partial charge in [-0.15, -0.1) is 0 Å². The summed E-state index contributed by atoms with van der Waals surface area (Å²) in [5, 5.41) is 3.00. The lowest BCUT2D eigenvalue weighted by Crippen LogP contribution is -2.44. The topological polar surface area (TPSA) is 44.8 Å². The number of amides is 1. The molecule has 0 radical (unpaired) electrons. The summed E-state index contributed by atoms with van der Waals surface area (Å²) in [6, 6.07) is 16.2. The number of hydrogen-bond donors (Lipinski definition) is 1. The molecule has 2 heterocycles. The van der Waals surface area contributed by atoms with Crippen LogP contribution in [0.4, 0.5) is 5.69 Å². The van der Waals surface area contributed by atoms with Gasteiger partial charge in [0.2, 0.25) is 0 Å². The fourth-order valence-electron chi connectivity index (χ4n) is 3.43. The molecule has 1 fully saturated rings. The monoisotopic (exact) mass is 363 g/mol. The van der Waals surface area contributed by atoms with Gasteiger partial charge in [0.1, 0.15) is 12.4 Å². The molecule has 1 N–H and O–H groups in total. The smallest absolute Gasteiger partial charge is 0.250 e. The molecular weight excluding hydrogens is 338 g/mol. The molecule has 2 aromatic rings. The molecule has 27 heavy (non-hydrogen) atoms. The Morgan fingerprint density at radius 2 is 1.78 bits per heavy atom. The molecule has 1 saturated heterocycles. The Morgan fingerprint density at radius 3 is 2.56 bits per heavy atom. The first-order valence-electron chi connectivity index (χ1n) is 9.42. The van der Waals surface area contributed by atoms with Crippen molar-refractivity contribution in [1.29, 1.82) is 0 Å². The molecular formula is C22H25N3O2. The van der Waals surface area contributed by atoms with E-state index in [4.69, 9.17) is 4.74 Å². The Hall–Kier alpha value is -2.79. The summed E-state index contributed by atoms with van der Waals surface area (Å²) in [6.45, 7) is 5.13. The van der Waals surface area contributed by atoms with Crippen molar-refractivity contribution in [2.45, 2.75) is 6.54 Å². The van der Waals surface area contributed by atoms with E-state index in [1.54, 1.807) is 0 Å². The first-order valence-corrected chi connectivity index (χ1v) is 9.42. The van der Waals surface area contributed by atoms with Gasteiger partial charge < -0.3 is 19.9 Å². The normalized spacial score (nSPS) is 16.9. The van der Waals surface area contributed by atoms with E-state index in [2.05, 4.69) is 46.4 Å². The lowest BCUT2D eigenvalue weighted by Gasteiger charge is -2.34. The van der Waals surface area contributed by atoms with Crippen LogP contribution in [0.1, 0.15) is 11.1 Å². The molecule has 0 saturated carbocycles. The van der Waals surface area contributed by atoms with E-state index in [-0.39, 0.29) is 5.91 Å². The fourth-order valence-corrected chi connectivity index (χ4v) is 3.43. The van der Waals surface area contributed by atoms with Gasteiger partial charge >= 0.3 is 0 Å². The maximum Gasteiger partial charge on any atom is 0.250 e. The van der Waals surface area contributed by atoms with Crippen molar-refractivity contribution in [2.24, 2.45) is 0 Å². The number of para-hydroxylation sites is 1. The third kappa shape index (κ3) is 4.14. The molecule has 2 aliphatic rings. The fraction of sp³-hybridized carbons (Fsp3) is 0.318. The van der Waals surface area contributed by atoms with Gasteiger partial charge in [-0.2, -0.15) is 0 Å². The Morgan fingerprint density at radius 1 is 1.04 bits per heavy atom. The molecule has 2 aliphatic heterocycles. The summed E-state index contributed by atoms with van der Waals surface area (Å²) < 4.78 is 5.66. The number of piperazine rings is 1. The van der Waals surface area contributed by atoms with E-state index in [0.717, 1.165) is 43.1 Å². The Labute approximate surface area is 160 Å². The third-order valence-corrected chi connectivity index (χ3v) is 5.18. The van der Waals surface area contributed by atoms with Crippen LogP contribution in [-0.2, 0) is 11.3 Å². The largest absolute Gasteiger partial charge is 0.488 e. The van der Waals surface area contributed by atoms with E-state index in [9.17, 15) is 4.79 Å². The second-order valence-corrected chi connectivity index (χ2v) is 7.14. The minimum Gasteiger partial charge on any atom is -0.488 e. The number of nitrogens with zero attached hydrogens (tertiary/aromatic N) is 2. The van der Waals surface area contributed by atoms with Crippen molar-refractivity contribution in [2.75, 3.05) is 44.7 Å². The van der Waals surface area contributed by atoms with Gasteiger partial charge in [-0.05, 0) is 36.9 Å². The van der Waals surface area contributed by atoms with Crippen LogP contribution in [0.25, 0.3) is 6.08 Å². The molecule has 1 amide bonds. The van der Waals surface area contributed by atoms with E-state index < -0.39 is 0 Å². The zero-order valence-electron chi connectivity index (χ0n) is 15.6. The summed E-state index contributed by atoms with van der Waals surface area (Å²) in [5.74, 6) is 0.751. The summed E-state index contributed by atoms with van der Waals surface area (Å²) in [6.07, 6.45) is 1.91. The number of carbonyl (C=O) groups is 1. The molecule has 5 heteroatoms. The number of nitrogens with one attached hydrogen (secondary N) is 1. The van der Waals surface area contributed by atoms with Crippen LogP contribution in [0.15, 0.2) is 54.1 Å². The van der Waals surface area contributed by atoms with Crippen LogP contribution in [0, 0.1) is 0 Å². The first kappa shape index (κ1) is 17.6. The number of hydrogen-bond acceptors (Lipinski definition) is 4. The summed E-state index contributed by atoms with van der Waals surface area (Å²) >= 11 is 0. The second kappa shape index (κ2) is 7.84. The zero-order chi connectivity index (χ0) is 18.6. The number of benzene rings is 2. The highest BCUT2D eigenvalue weighted by atomic mass is 16.5. The third-order valence-electron chi connectivity index (χ3n) is 5.18. The molecule has 0 spiro atoms. The predicted molar refractivity (Wildman–Crippen MR) is 108 cm³/mol. The van der Waals surface area contributed by atoms with Crippen molar-refractivity contribution < 1.29 is 9.53 Å². The van der Waals surface area contributed by atoms with Crippen LogP contribution in [0.5, 0.6) is 5.75 Å². The van der Waals surface area contributed by atoms with Gasteiger partial charge in [0, 0.05) is 44.0 Å². The molecule has 0 bridgehead atoms. The quantitative estimate of drug-likeness (QED) is 0.907. The SMILES string of the molecule is CN1CCN(c2ccc(CNC(=O)C3=Cc4ccccc4OC3)cc2)CC1. The highest BCUT2D eigenvalue weighted by molar-refractivity contribution is 5.99. The minimum atomic E-state index is -0.0763. The standard InChI is InChI=1S/C22H25N3O2/c1-24-10-12-25(13-11-24)20-8-6-17(7-9-20)15-23-22(26)19-14-18-4-2-3-5-21(18)27-16-19/h2-9,14H,10-13,15-16H2,1H3,(H,23,26). The Kier molecular flexibility index (Phi) is 5.12. The van der Waals surface area contributed by atoms with Gasteiger partial charge in [-0.25, -0.2) is 0 Å². The molecule has 4 rings (SSSR count). The average molecular weight is 363 g/mol. The number of rotatable bonds is 4. The van der Waals surface area contributed by atoms with Crippen molar-refractivity contribution >= 4 is 17.7 Å². The summed E-state index contributed by atoms with van der Waals surface area (Å²) in [7, 11) is 2.16. The van der Waals surface area contributed by atoms with Crippen LogP contribution in [0.2, 0.25) is 0 Å². The number of anilines is 1. The van der Waals surface area contributed by atoms with Gasteiger partial charge in [0.25, 0.3) is 5.91 Å². The van der Waals surface area contributed by atoms with Crippen LogP contribution >= 0.6 is 0 Å². The lowest BCUT2D eigenvalue weighted by atomic mass is 10.1. The van der Waals surface area contributed by atoms with Crippen molar-refractivity contribution in [3.05, 3.63) is 65.2 Å². The molecule has 5 nitrogen and oxygen atoms in total. The Bertz CT molecular complexity index is 837. The average Bonchev–Trinajstić information content (AvgIpc) is 2.72. The summed E-state index contributed by atoms with van der Waals surface area (Å²) in [5.41, 5.74) is 3.95. The lowest BCUT2D eigenvalue weighted by molar-refractivity contribution is -0.117. The molecule has 0 aromatic heterocycles.